The third-order valence-electron chi connectivity index (χ3n) is 8.29. The summed E-state index contributed by atoms with van der Waals surface area (Å²) in [6.45, 7) is 7.99. The molecule has 4 heterocycles. The Labute approximate surface area is 216 Å². The summed E-state index contributed by atoms with van der Waals surface area (Å²) in [5, 5.41) is 6.40. The molecule has 0 radical (unpaired) electrons. The predicted molar refractivity (Wildman–Crippen MR) is 139 cm³/mol. The Kier molecular flexibility index (Phi) is 7.18. The van der Waals surface area contributed by atoms with Gasteiger partial charge in [0, 0.05) is 48.9 Å². The maximum Gasteiger partial charge on any atom is 0.416 e. The van der Waals surface area contributed by atoms with Crippen molar-refractivity contribution in [2.24, 2.45) is 11.8 Å². The Balaban J connectivity index is 1.72. The van der Waals surface area contributed by atoms with Crippen molar-refractivity contribution in [3.8, 4) is 11.3 Å². The van der Waals surface area contributed by atoms with E-state index in [1.54, 1.807) is 6.20 Å². The topological polar surface area (TPSA) is 70.2 Å². The number of halogens is 3. The van der Waals surface area contributed by atoms with Crippen molar-refractivity contribution < 1.29 is 18.0 Å². The minimum atomic E-state index is -4.50. The summed E-state index contributed by atoms with van der Waals surface area (Å²) < 4.78 is 42.5. The highest BCUT2D eigenvalue weighted by Gasteiger charge is 2.42. The van der Waals surface area contributed by atoms with Crippen LogP contribution >= 0.6 is 0 Å². The van der Waals surface area contributed by atoms with Crippen molar-refractivity contribution in [1.29, 1.82) is 0 Å². The summed E-state index contributed by atoms with van der Waals surface area (Å²) in [6, 6.07) is 2.50. The van der Waals surface area contributed by atoms with E-state index in [0.29, 0.717) is 54.9 Å². The van der Waals surface area contributed by atoms with Crippen LogP contribution in [0.1, 0.15) is 75.5 Å². The van der Waals surface area contributed by atoms with Gasteiger partial charge in [0.2, 0.25) is 5.91 Å². The SMILES string of the molecule is CCC[C@@H]1CC2CC[C@@H]2C(=O)Nc2ncc(CC)c(-c3cc(C(F)(F)F)cc(N4CCN[C@@H](C)C4)n3)c21. The zero-order valence-corrected chi connectivity index (χ0v) is 21.8. The second kappa shape index (κ2) is 10.2. The molecule has 2 aliphatic heterocycles. The van der Waals surface area contributed by atoms with E-state index in [2.05, 4.69) is 22.5 Å². The number of carbonyl (C=O) groups is 1. The molecule has 1 unspecified atom stereocenters. The van der Waals surface area contributed by atoms with Gasteiger partial charge in [-0.3, -0.25) is 4.79 Å². The molecule has 200 valence electrons. The number of alkyl halides is 3. The number of carbonyl (C=O) groups excluding carboxylic acids is 1. The standard InChI is InChI=1S/C28H36F3N5O/c1-4-6-19-11-18-7-8-21(18)27(37)35-26-25(19)24(17(5-2)14-33-26)22-12-20(28(29,30)31)13-23(34-22)36-10-9-32-16(3)15-36/h12-14,16,18-19,21,32H,4-11,15H2,1-3H3,(H,33,35,37)/t16-,18?,19+,21-/m0/s1. The van der Waals surface area contributed by atoms with Gasteiger partial charge in [-0.15, -0.1) is 0 Å². The highest BCUT2D eigenvalue weighted by atomic mass is 19.4. The average Bonchev–Trinajstić information content (AvgIpc) is 2.84. The Morgan fingerprint density at radius 1 is 1.19 bits per heavy atom. The molecule has 6 nitrogen and oxygen atoms in total. The van der Waals surface area contributed by atoms with Crippen molar-refractivity contribution in [2.45, 2.75) is 77.4 Å². The van der Waals surface area contributed by atoms with E-state index in [4.69, 9.17) is 4.98 Å². The van der Waals surface area contributed by atoms with Crippen molar-refractivity contribution in [3.05, 3.63) is 35.0 Å². The molecule has 4 atom stereocenters. The molecule has 2 N–H and O–H groups in total. The molecule has 2 aromatic rings. The Morgan fingerprint density at radius 2 is 2.00 bits per heavy atom. The van der Waals surface area contributed by atoms with Gasteiger partial charge in [-0.1, -0.05) is 20.3 Å². The Morgan fingerprint density at radius 3 is 2.65 bits per heavy atom. The van der Waals surface area contributed by atoms with Gasteiger partial charge in [-0.05, 0) is 68.6 Å². The molecule has 1 saturated carbocycles. The number of aryl methyl sites for hydroxylation is 1. The largest absolute Gasteiger partial charge is 0.416 e. The van der Waals surface area contributed by atoms with Crippen LogP contribution in [0.3, 0.4) is 0 Å². The van der Waals surface area contributed by atoms with E-state index in [1.807, 2.05) is 18.7 Å². The second-order valence-electron chi connectivity index (χ2n) is 10.8. The number of nitrogens with one attached hydrogen (secondary N) is 2. The molecule has 3 aliphatic rings. The molecule has 2 fully saturated rings. The molecule has 0 aromatic carbocycles. The van der Waals surface area contributed by atoms with Crippen LogP contribution in [0, 0.1) is 11.8 Å². The minimum Gasteiger partial charge on any atom is -0.354 e. The monoisotopic (exact) mass is 515 g/mol. The first-order chi connectivity index (χ1) is 17.7. The van der Waals surface area contributed by atoms with Gasteiger partial charge in [0.05, 0.1) is 11.3 Å². The van der Waals surface area contributed by atoms with Gasteiger partial charge in [-0.2, -0.15) is 13.2 Å². The van der Waals surface area contributed by atoms with Crippen LogP contribution < -0.4 is 15.5 Å². The fraction of sp³-hybridized carbons (Fsp3) is 0.607. The molecule has 0 spiro atoms. The maximum atomic E-state index is 14.2. The van der Waals surface area contributed by atoms with Crippen LogP contribution in [0.5, 0.6) is 0 Å². The van der Waals surface area contributed by atoms with Crippen LogP contribution in [0.4, 0.5) is 24.8 Å². The number of pyridine rings is 2. The summed E-state index contributed by atoms with van der Waals surface area (Å²) in [6.07, 6.45) is 2.36. The van der Waals surface area contributed by atoms with Crippen LogP contribution in [0.2, 0.25) is 0 Å². The highest BCUT2D eigenvalue weighted by Crippen LogP contribution is 2.49. The third kappa shape index (κ3) is 5.07. The van der Waals surface area contributed by atoms with Crippen molar-refractivity contribution >= 4 is 17.5 Å². The fourth-order valence-electron chi connectivity index (χ4n) is 6.25. The van der Waals surface area contributed by atoms with Gasteiger partial charge in [-0.25, -0.2) is 9.97 Å². The lowest BCUT2D eigenvalue weighted by Crippen LogP contribution is -2.49. The first kappa shape index (κ1) is 25.9. The number of nitrogens with zero attached hydrogens (tertiary/aromatic N) is 3. The van der Waals surface area contributed by atoms with E-state index in [1.165, 1.54) is 12.1 Å². The number of amides is 1. The van der Waals surface area contributed by atoms with Gasteiger partial charge >= 0.3 is 6.18 Å². The molecule has 5 rings (SSSR count). The van der Waals surface area contributed by atoms with Crippen molar-refractivity contribution in [3.63, 3.8) is 0 Å². The molecule has 1 amide bonds. The van der Waals surface area contributed by atoms with E-state index in [0.717, 1.165) is 43.2 Å². The molecule has 9 heteroatoms. The van der Waals surface area contributed by atoms with Crippen LogP contribution in [-0.2, 0) is 17.4 Å². The molecule has 1 saturated heterocycles. The fourth-order valence-corrected chi connectivity index (χ4v) is 6.25. The summed E-state index contributed by atoms with van der Waals surface area (Å²) in [5.41, 5.74) is 2.03. The van der Waals surface area contributed by atoms with E-state index < -0.39 is 11.7 Å². The summed E-state index contributed by atoms with van der Waals surface area (Å²) in [7, 11) is 0. The molecular formula is C28H36F3N5O. The van der Waals surface area contributed by atoms with Crippen molar-refractivity contribution in [2.75, 3.05) is 29.9 Å². The first-order valence-corrected chi connectivity index (χ1v) is 13.6. The number of aromatic nitrogens is 2. The van der Waals surface area contributed by atoms with E-state index >= 15 is 0 Å². The lowest BCUT2D eigenvalue weighted by atomic mass is 9.66. The van der Waals surface area contributed by atoms with Crippen molar-refractivity contribution in [1.82, 2.24) is 15.3 Å². The first-order valence-electron chi connectivity index (χ1n) is 13.6. The number of fused-ring (bicyclic) bond motifs is 2. The van der Waals surface area contributed by atoms with E-state index in [9.17, 15) is 18.0 Å². The zero-order chi connectivity index (χ0) is 26.3. The number of piperazine rings is 1. The normalized spacial score (nSPS) is 25.9. The van der Waals surface area contributed by atoms with Crippen LogP contribution in [-0.4, -0.2) is 41.6 Å². The third-order valence-corrected chi connectivity index (χ3v) is 8.29. The van der Waals surface area contributed by atoms with Gasteiger partial charge in [0.25, 0.3) is 0 Å². The maximum absolute atomic E-state index is 14.2. The Hall–Kier alpha value is -2.68. The smallest absolute Gasteiger partial charge is 0.354 e. The number of anilines is 2. The quantitative estimate of drug-likeness (QED) is 0.529. The van der Waals surface area contributed by atoms with Crippen LogP contribution in [0.25, 0.3) is 11.3 Å². The predicted octanol–water partition coefficient (Wildman–Crippen LogP) is 5.78. The molecule has 2 aromatic heterocycles. The lowest BCUT2D eigenvalue weighted by Gasteiger charge is -2.40. The van der Waals surface area contributed by atoms with Gasteiger partial charge < -0.3 is 15.5 Å². The zero-order valence-electron chi connectivity index (χ0n) is 21.8. The van der Waals surface area contributed by atoms with Crippen LogP contribution in [0.15, 0.2) is 18.3 Å². The average molecular weight is 516 g/mol. The second-order valence-corrected chi connectivity index (χ2v) is 10.8. The molecule has 0 bridgehead atoms. The highest BCUT2D eigenvalue weighted by molar-refractivity contribution is 5.95. The molecular weight excluding hydrogens is 479 g/mol. The van der Waals surface area contributed by atoms with Gasteiger partial charge in [0.1, 0.15) is 11.6 Å². The number of hydrogen-bond donors (Lipinski definition) is 2. The van der Waals surface area contributed by atoms with Gasteiger partial charge in [0.15, 0.2) is 0 Å². The lowest BCUT2D eigenvalue weighted by molar-refractivity contribution is -0.137. The van der Waals surface area contributed by atoms with E-state index in [-0.39, 0.29) is 23.8 Å². The summed E-state index contributed by atoms with van der Waals surface area (Å²) in [5.74, 6) is 1.19. The summed E-state index contributed by atoms with van der Waals surface area (Å²) >= 11 is 0. The minimum absolute atomic E-state index is 0.00315. The molecule has 1 aliphatic carbocycles. The Bertz CT molecular complexity index is 1170. The summed E-state index contributed by atoms with van der Waals surface area (Å²) in [4.78, 5) is 24.4. The number of hydrogen-bond acceptors (Lipinski definition) is 5. The number of rotatable bonds is 5. The molecule has 37 heavy (non-hydrogen) atoms.